The maximum atomic E-state index is 9.81. The highest BCUT2D eigenvalue weighted by Crippen LogP contribution is 2.25. The van der Waals surface area contributed by atoms with Gasteiger partial charge < -0.3 is 10.4 Å². The fourth-order valence-electron chi connectivity index (χ4n) is 1.90. The number of anilines is 1. The Kier molecular flexibility index (Phi) is 3.84. The van der Waals surface area contributed by atoms with E-state index in [-0.39, 0.29) is 17.4 Å². The zero-order valence-corrected chi connectivity index (χ0v) is 10.2. The summed E-state index contributed by atoms with van der Waals surface area (Å²) >= 11 is 11.6. The average molecular weight is 262 g/mol. The van der Waals surface area contributed by atoms with Crippen LogP contribution in [0, 0.1) is 0 Å². The molecule has 6 heteroatoms. The summed E-state index contributed by atoms with van der Waals surface area (Å²) in [6.07, 6.45) is 5.00. The molecule has 1 fully saturated rings. The fraction of sp³-hybridized carbons (Fsp3) is 0.600. The number of nitrogens with one attached hydrogen (secondary N) is 1. The highest BCUT2D eigenvalue weighted by molar-refractivity contribution is 6.33. The van der Waals surface area contributed by atoms with Crippen molar-refractivity contribution in [2.45, 2.75) is 37.8 Å². The van der Waals surface area contributed by atoms with Crippen molar-refractivity contribution in [2.24, 2.45) is 0 Å². The van der Waals surface area contributed by atoms with Gasteiger partial charge in [0.1, 0.15) is 10.8 Å². The van der Waals surface area contributed by atoms with E-state index in [9.17, 15) is 5.11 Å². The van der Waals surface area contributed by atoms with Gasteiger partial charge in [0.2, 0.25) is 5.28 Å². The summed E-state index contributed by atoms with van der Waals surface area (Å²) in [7, 11) is 0. The van der Waals surface area contributed by atoms with E-state index < -0.39 is 0 Å². The zero-order valence-electron chi connectivity index (χ0n) is 8.66. The molecule has 0 spiro atoms. The Hall–Kier alpha value is -0.580. The normalized spacial score (nSPS) is 25.4. The van der Waals surface area contributed by atoms with Gasteiger partial charge in [-0.1, -0.05) is 24.4 Å². The van der Waals surface area contributed by atoms with E-state index in [1.54, 1.807) is 0 Å². The summed E-state index contributed by atoms with van der Waals surface area (Å²) in [6, 6.07) is -0.00258. The maximum Gasteiger partial charge on any atom is 0.224 e. The summed E-state index contributed by atoms with van der Waals surface area (Å²) < 4.78 is 0. The quantitative estimate of drug-likeness (QED) is 0.804. The Morgan fingerprint density at radius 3 is 2.81 bits per heavy atom. The third kappa shape index (κ3) is 2.75. The molecule has 0 amide bonds. The highest BCUT2D eigenvalue weighted by Gasteiger charge is 2.23. The first kappa shape index (κ1) is 11.9. The molecule has 16 heavy (non-hydrogen) atoms. The van der Waals surface area contributed by atoms with E-state index >= 15 is 0 Å². The average Bonchev–Trinajstić information content (AvgIpc) is 2.27. The molecule has 0 unspecified atom stereocenters. The van der Waals surface area contributed by atoms with E-state index in [1.807, 2.05) is 0 Å². The van der Waals surface area contributed by atoms with Gasteiger partial charge in [0.05, 0.1) is 18.3 Å². The second kappa shape index (κ2) is 5.17. The minimum Gasteiger partial charge on any atom is -0.391 e. The van der Waals surface area contributed by atoms with Crippen LogP contribution in [0.5, 0.6) is 0 Å². The first-order chi connectivity index (χ1) is 7.66. The van der Waals surface area contributed by atoms with Crippen molar-refractivity contribution in [2.75, 3.05) is 5.32 Å². The first-order valence-electron chi connectivity index (χ1n) is 5.29. The molecule has 2 N–H and O–H groups in total. The summed E-state index contributed by atoms with van der Waals surface area (Å²) in [4.78, 5) is 7.77. The molecular weight excluding hydrogens is 249 g/mol. The van der Waals surface area contributed by atoms with Crippen LogP contribution in [0.2, 0.25) is 10.3 Å². The van der Waals surface area contributed by atoms with Gasteiger partial charge in [0.25, 0.3) is 0 Å². The van der Waals surface area contributed by atoms with Crippen LogP contribution in [0.4, 0.5) is 5.82 Å². The van der Waals surface area contributed by atoms with Gasteiger partial charge in [-0.15, -0.1) is 0 Å². The van der Waals surface area contributed by atoms with Crippen LogP contribution in [0.1, 0.15) is 25.7 Å². The van der Waals surface area contributed by atoms with Gasteiger partial charge in [-0.05, 0) is 24.4 Å². The highest BCUT2D eigenvalue weighted by atomic mass is 35.5. The van der Waals surface area contributed by atoms with E-state index in [1.165, 1.54) is 6.20 Å². The van der Waals surface area contributed by atoms with Crippen molar-refractivity contribution in [1.29, 1.82) is 0 Å². The molecule has 1 saturated carbocycles. The SMILES string of the molecule is O[C@@H]1CCCC[C@H]1Nc1nc(Cl)ncc1Cl. The van der Waals surface area contributed by atoms with Crippen molar-refractivity contribution in [3.05, 3.63) is 16.5 Å². The second-order valence-corrected chi connectivity index (χ2v) is 4.68. The van der Waals surface area contributed by atoms with Crippen molar-refractivity contribution in [3.8, 4) is 0 Å². The monoisotopic (exact) mass is 261 g/mol. The predicted octanol–water partition coefficient (Wildman–Crippen LogP) is 2.50. The first-order valence-corrected chi connectivity index (χ1v) is 6.05. The lowest BCUT2D eigenvalue weighted by molar-refractivity contribution is 0.116. The van der Waals surface area contributed by atoms with Crippen LogP contribution < -0.4 is 5.32 Å². The van der Waals surface area contributed by atoms with Gasteiger partial charge >= 0.3 is 0 Å². The molecule has 1 aromatic rings. The van der Waals surface area contributed by atoms with Crippen LogP contribution >= 0.6 is 23.2 Å². The Morgan fingerprint density at radius 1 is 1.31 bits per heavy atom. The Morgan fingerprint density at radius 2 is 2.06 bits per heavy atom. The maximum absolute atomic E-state index is 9.81. The topological polar surface area (TPSA) is 58.0 Å². The summed E-state index contributed by atoms with van der Waals surface area (Å²) in [6.45, 7) is 0. The summed E-state index contributed by atoms with van der Waals surface area (Å²) in [5.74, 6) is 0.493. The minimum absolute atomic E-state index is 0.00258. The number of aliphatic hydroxyl groups is 1. The van der Waals surface area contributed by atoms with Crippen molar-refractivity contribution in [3.63, 3.8) is 0 Å². The van der Waals surface area contributed by atoms with Crippen molar-refractivity contribution in [1.82, 2.24) is 9.97 Å². The van der Waals surface area contributed by atoms with Gasteiger partial charge in [-0.25, -0.2) is 4.98 Å². The molecule has 0 aliphatic heterocycles. The number of halogens is 2. The van der Waals surface area contributed by atoms with Gasteiger partial charge in [0.15, 0.2) is 0 Å². The van der Waals surface area contributed by atoms with Gasteiger partial charge in [-0.2, -0.15) is 4.98 Å². The molecular formula is C10H13Cl2N3O. The number of hydrogen-bond donors (Lipinski definition) is 2. The lowest BCUT2D eigenvalue weighted by Crippen LogP contribution is -2.36. The van der Waals surface area contributed by atoms with E-state index in [4.69, 9.17) is 23.2 Å². The summed E-state index contributed by atoms with van der Waals surface area (Å²) in [5, 5.41) is 13.5. The number of hydrogen-bond acceptors (Lipinski definition) is 4. The number of aliphatic hydroxyl groups excluding tert-OH is 1. The van der Waals surface area contributed by atoms with Crippen molar-refractivity contribution < 1.29 is 5.11 Å². The van der Waals surface area contributed by atoms with Crippen LogP contribution in [0.15, 0.2) is 6.20 Å². The lowest BCUT2D eigenvalue weighted by Gasteiger charge is -2.28. The minimum atomic E-state index is -0.349. The Labute approximate surface area is 104 Å². The van der Waals surface area contributed by atoms with Gasteiger partial charge in [0, 0.05) is 0 Å². The van der Waals surface area contributed by atoms with E-state index in [0.717, 1.165) is 25.7 Å². The zero-order chi connectivity index (χ0) is 11.5. The summed E-state index contributed by atoms with van der Waals surface area (Å²) in [5.41, 5.74) is 0. The smallest absolute Gasteiger partial charge is 0.224 e. The Balaban J connectivity index is 2.10. The van der Waals surface area contributed by atoms with E-state index in [0.29, 0.717) is 10.8 Å². The Bertz CT molecular complexity index is 375. The molecule has 1 aliphatic rings. The van der Waals surface area contributed by atoms with Crippen LogP contribution in [0.3, 0.4) is 0 Å². The molecule has 1 heterocycles. The molecule has 88 valence electrons. The largest absolute Gasteiger partial charge is 0.391 e. The van der Waals surface area contributed by atoms with Crippen LogP contribution in [-0.2, 0) is 0 Å². The molecule has 0 radical (unpaired) electrons. The third-order valence-electron chi connectivity index (χ3n) is 2.77. The molecule has 4 nitrogen and oxygen atoms in total. The molecule has 1 aromatic heterocycles. The number of aromatic nitrogens is 2. The lowest BCUT2D eigenvalue weighted by atomic mass is 9.93. The molecule has 0 saturated heterocycles. The van der Waals surface area contributed by atoms with Crippen molar-refractivity contribution >= 4 is 29.0 Å². The molecule has 0 aromatic carbocycles. The van der Waals surface area contributed by atoms with E-state index in [2.05, 4.69) is 15.3 Å². The molecule has 2 rings (SSSR count). The third-order valence-corrected chi connectivity index (χ3v) is 3.23. The second-order valence-electron chi connectivity index (χ2n) is 3.94. The number of rotatable bonds is 2. The predicted molar refractivity (Wildman–Crippen MR) is 63.9 cm³/mol. The fourth-order valence-corrected chi connectivity index (χ4v) is 2.18. The van der Waals surface area contributed by atoms with Crippen LogP contribution in [0.25, 0.3) is 0 Å². The molecule has 0 bridgehead atoms. The van der Waals surface area contributed by atoms with Gasteiger partial charge in [-0.3, -0.25) is 0 Å². The number of nitrogens with zero attached hydrogens (tertiary/aromatic N) is 2. The molecule has 1 aliphatic carbocycles. The standard InChI is InChI=1S/C10H13Cl2N3O/c11-6-5-13-10(12)15-9(6)14-7-3-1-2-4-8(7)16/h5,7-8,16H,1-4H2,(H,13,14,15)/t7-,8-/m1/s1. The van der Waals surface area contributed by atoms with Crippen LogP contribution in [-0.4, -0.2) is 27.2 Å². The molecule has 2 atom stereocenters.